The number of carbonyl (C=O) groups is 2. The molecule has 9 nitrogen and oxygen atoms in total. The van der Waals surface area contributed by atoms with Crippen LogP contribution in [-0.2, 0) is 16.1 Å². The highest BCUT2D eigenvalue weighted by molar-refractivity contribution is 6.01. The molecule has 0 saturated carbocycles. The van der Waals surface area contributed by atoms with Crippen molar-refractivity contribution >= 4 is 23.3 Å². The van der Waals surface area contributed by atoms with Crippen LogP contribution in [0.1, 0.15) is 19.8 Å². The Bertz CT molecular complexity index is 705. The van der Waals surface area contributed by atoms with Crippen LogP contribution >= 0.6 is 0 Å². The van der Waals surface area contributed by atoms with Gasteiger partial charge in [0.1, 0.15) is 17.5 Å². The highest BCUT2D eigenvalue weighted by Gasteiger charge is 2.32. The molecule has 0 aromatic carbocycles. The number of anilines is 2. The van der Waals surface area contributed by atoms with E-state index >= 15 is 0 Å². The maximum atomic E-state index is 12.0. The van der Waals surface area contributed by atoms with Gasteiger partial charge in [-0.2, -0.15) is 0 Å². The molecule has 2 rings (SSSR count). The number of carbonyl (C=O) groups excluding carboxylic acids is 2. The summed E-state index contributed by atoms with van der Waals surface area (Å²) in [4.78, 5) is 50.0. The molecular weight excluding hydrogens is 278 g/mol. The van der Waals surface area contributed by atoms with Crippen LogP contribution in [0.2, 0.25) is 0 Å². The first-order valence-electron chi connectivity index (χ1n) is 6.56. The average molecular weight is 295 g/mol. The fraction of sp³-hybridized carbons (Fsp3) is 0.500. The van der Waals surface area contributed by atoms with E-state index < -0.39 is 23.2 Å². The van der Waals surface area contributed by atoms with Crippen molar-refractivity contribution in [3.63, 3.8) is 0 Å². The predicted molar refractivity (Wildman–Crippen MR) is 75.8 cm³/mol. The smallest absolute Gasteiger partial charge is 0.330 e. The van der Waals surface area contributed by atoms with Gasteiger partial charge in [-0.1, -0.05) is 0 Å². The van der Waals surface area contributed by atoms with E-state index in [1.165, 1.54) is 11.6 Å². The lowest BCUT2D eigenvalue weighted by Crippen LogP contribution is -2.49. The summed E-state index contributed by atoms with van der Waals surface area (Å²) in [5.41, 5.74) is 4.49. The molecule has 9 heteroatoms. The van der Waals surface area contributed by atoms with Gasteiger partial charge in [0.05, 0.1) is 0 Å². The third-order valence-corrected chi connectivity index (χ3v) is 3.52. The Balaban J connectivity index is 2.37. The van der Waals surface area contributed by atoms with E-state index in [2.05, 4.69) is 10.3 Å². The van der Waals surface area contributed by atoms with Gasteiger partial charge in [-0.25, -0.2) is 4.79 Å². The zero-order valence-electron chi connectivity index (χ0n) is 11.8. The van der Waals surface area contributed by atoms with Crippen LogP contribution in [0.4, 0.5) is 11.5 Å². The van der Waals surface area contributed by atoms with Crippen LogP contribution in [-0.4, -0.2) is 39.4 Å². The number of rotatable bonds is 3. The molecule has 1 aliphatic rings. The molecule has 0 spiro atoms. The number of nitrogens with zero attached hydrogens (tertiary/aromatic N) is 2. The number of hydrogen-bond acceptors (Lipinski definition) is 6. The maximum absolute atomic E-state index is 12.0. The second-order valence-corrected chi connectivity index (χ2v) is 4.79. The number of imide groups is 1. The SMILES string of the molecule is CCn1c(N)c(NC2CCC(=O)N(C)C2=O)c(=O)[nH]c1=O. The minimum absolute atomic E-state index is 0.0291. The average Bonchev–Trinajstić information content (AvgIpc) is 2.43. The molecule has 2 heterocycles. The normalized spacial score (nSPS) is 19.0. The van der Waals surface area contributed by atoms with Gasteiger partial charge in [-0.3, -0.25) is 28.8 Å². The van der Waals surface area contributed by atoms with E-state index in [1.807, 2.05) is 0 Å². The Hall–Kier alpha value is -2.58. The first-order chi connectivity index (χ1) is 9.86. The standard InChI is InChI=1S/C12H17N5O4/c1-3-17-9(13)8(10(19)15-12(17)21)14-6-4-5-7(18)16(2)11(6)20/h6,14H,3-5,13H2,1-2H3,(H,15,19,21). The van der Waals surface area contributed by atoms with Gasteiger partial charge in [0, 0.05) is 20.0 Å². The van der Waals surface area contributed by atoms with Crippen molar-refractivity contribution in [1.29, 1.82) is 0 Å². The highest BCUT2D eigenvalue weighted by Crippen LogP contribution is 2.18. The molecule has 1 saturated heterocycles. The molecule has 1 unspecified atom stereocenters. The second-order valence-electron chi connectivity index (χ2n) is 4.79. The fourth-order valence-electron chi connectivity index (χ4n) is 2.27. The lowest BCUT2D eigenvalue weighted by Gasteiger charge is -2.29. The van der Waals surface area contributed by atoms with Crippen molar-refractivity contribution in [3.05, 3.63) is 20.8 Å². The fourth-order valence-corrected chi connectivity index (χ4v) is 2.27. The summed E-state index contributed by atoms with van der Waals surface area (Å²) in [6.45, 7) is 1.99. The Morgan fingerprint density at radius 3 is 2.62 bits per heavy atom. The van der Waals surface area contributed by atoms with Crippen molar-refractivity contribution in [2.75, 3.05) is 18.1 Å². The van der Waals surface area contributed by atoms with Crippen LogP contribution in [0.3, 0.4) is 0 Å². The molecule has 1 fully saturated rings. The number of H-pyrrole nitrogens is 1. The number of hydrogen-bond donors (Lipinski definition) is 3. The quantitative estimate of drug-likeness (QED) is 0.594. The second kappa shape index (κ2) is 5.43. The maximum Gasteiger partial charge on any atom is 0.330 e. The van der Waals surface area contributed by atoms with E-state index in [9.17, 15) is 19.2 Å². The molecule has 0 aliphatic carbocycles. The van der Waals surface area contributed by atoms with Crippen LogP contribution < -0.4 is 22.3 Å². The molecule has 1 atom stereocenters. The molecule has 0 radical (unpaired) electrons. The van der Waals surface area contributed by atoms with Gasteiger partial charge in [-0.15, -0.1) is 0 Å². The van der Waals surface area contributed by atoms with E-state index in [4.69, 9.17) is 5.73 Å². The predicted octanol–water partition coefficient (Wildman–Crippen LogP) is -1.30. The lowest BCUT2D eigenvalue weighted by molar-refractivity contribution is -0.146. The molecule has 21 heavy (non-hydrogen) atoms. The minimum Gasteiger partial charge on any atom is -0.383 e. The summed E-state index contributed by atoms with van der Waals surface area (Å²) < 4.78 is 1.19. The van der Waals surface area contributed by atoms with Crippen molar-refractivity contribution in [2.45, 2.75) is 32.4 Å². The van der Waals surface area contributed by atoms with Crippen LogP contribution in [0.15, 0.2) is 9.59 Å². The van der Waals surface area contributed by atoms with Gasteiger partial charge in [0.25, 0.3) is 11.5 Å². The van der Waals surface area contributed by atoms with Crippen LogP contribution in [0.5, 0.6) is 0 Å². The summed E-state index contributed by atoms with van der Waals surface area (Å²) in [7, 11) is 1.39. The number of nitrogen functional groups attached to an aromatic ring is 1. The highest BCUT2D eigenvalue weighted by atomic mass is 16.2. The third-order valence-electron chi connectivity index (χ3n) is 3.52. The zero-order valence-corrected chi connectivity index (χ0v) is 11.8. The van der Waals surface area contributed by atoms with Crippen LogP contribution in [0.25, 0.3) is 0 Å². The van der Waals surface area contributed by atoms with Crippen molar-refractivity contribution in [1.82, 2.24) is 14.5 Å². The Morgan fingerprint density at radius 1 is 1.33 bits per heavy atom. The first kappa shape index (κ1) is 14.8. The zero-order chi connectivity index (χ0) is 15.7. The Morgan fingerprint density at radius 2 is 2.00 bits per heavy atom. The summed E-state index contributed by atoms with van der Waals surface area (Å²) >= 11 is 0. The molecule has 2 amide bonds. The molecule has 1 aliphatic heterocycles. The Labute approximate surface area is 119 Å². The molecule has 4 N–H and O–H groups in total. The topological polar surface area (TPSA) is 130 Å². The molecule has 114 valence electrons. The first-order valence-corrected chi connectivity index (χ1v) is 6.56. The molecule has 0 bridgehead atoms. The summed E-state index contributed by atoms with van der Waals surface area (Å²) in [6, 6.07) is -0.723. The van der Waals surface area contributed by atoms with E-state index in [0.717, 1.165) is 4.90 Å². The van der Waals surface area contributed by atoms with E-state index in [0.29, 0.717) is 0 Å². The number of aromatic amines is 1. The van der Waals surface area contributed by atoms with Gasteiger partial charge in [0.15, 0.2) is 0 Å². The summed E-state index contributed by atoms with van der Waals surface area (Å²) in [6.07, 6.45) is 0.470. The molecule has 1 aromatic heterocycles. The summed E-state index contributed by atoms with van der Waals surface area (Å²) in [5.74, 6) is -0.726. The van der Waals surface area contributed by atoms with Gasteiger partial charge in [-0.05, 0) is 13.3 Å². The van der Waals surface area contributed by atoms with Gasteiger partial charge in [0.2, 0.25) is 5.91 Å². The van der Waals surface area contributed by atoms with Gasteiger partial charge < -0.3 is 11.1 Å². The number of aromatic nitrogens is 2. The number of likely N-dealkylation sites (tertiary alicyclic amines) is 1. The van der Waals surface area contributed by atoms with Gasteiger partial charge >= 0.3 is 5.69 Å². The summed E-state index contributed by atoms with van der Waals surface area (Å²) in [5, 5.41) is 2.75. The Kier molecular flexibility index (Phi) is 3.83. The van der Waals surface area contributed by atoms with E-state index in [1.54, 1.807) is 6.92 Å². The molecule has 1 aromatic rings. The lowest BCUT2D eigenvalue weighted by atomic mass is 10.0. The largest absolute Gasteiger partial charge is 0.383 e. The number of nitrogens with two attached hydrogens (primary N) is 1. The van der Waals surface area contributed by atoms with Crippen molar-refractivity contribution in [2.24, 2.45) is 0 Å². The number of nitrogens with one attached hydrogen (secondary N) is 2. The number of piperidine rings is 1. The number of likely N-dealkylation sites (N-methyl/N-ethyl adjacent to an activating group) is 1. The minimum atomic E-state index is -0.723. The van der Waals surface area contributed by atoms with E-state index in [-0.39, 0.29) is 36.8 Å². The van der Waals surface area contributed by atoms with Crippen molar-refractivity contribution < 1.29 is 9.59 Å². The van der Waals surface area contributed by atoms with Crippen molar-refractivity contribution in [3.8, 4) is 0 Å². The monoisotopic (exact) mass is 295 g/mol. The van der Waals surface area contributed by atoms with Crippen LogP contribution in [0, 0.1) is 0 Å². The number of amides is 2. The third kappa shape index (κ3) is 2.54. The molecular formula is C12H17N5O4.